The van der Waals surface area contributed by atoms with Gasteiger partial charge < -0.3 is 10.6 Å². The number of nitrogens with zero attached hydrogens (tertiary/aromatic N) is 1. The van der Waals surface area contributed by atoms with Crippen LogP contribution in [0.3, 0.4) is 0 Å². The summed E-state index contributed by atoms with van der Waals surface area (Å²) in [5.74, 6) is 0.196. The topological polar surface area (TPSA) is 46.3 Å². The predicted octanol–water partition coefficient (Wildman–Crippen LogP) is 3.25. The van der Waals surface area contributed by atoms with Crippen molar-refractivity contribution in [1.82, 2.24) is 4.90 Å². The lowest BCUT2D eigenvalue weighted by Gasteiger charge is -2.30. The molecule has 1 aromatic carbocycles. The van der Waals surface area contributed by atoms with Crippen LogP contribution < -0.4 is 5.73 Å². The quantitative estimate of drug-likeness (QED) is 0.904. The first kappa shape index (κ1) is 16.0. The van der Waals surface area contributed by atoms with Gasteiger partial charge in [0.05, 0.1) is 0 Å². The molecule has 2 N–H and O–H groups in total. The van der Waals surface area contributed by atoms with Gasteiger partial charge in [-0.2, -0.15) is 0 Å². The smallest absolute Gasteiger partial charge is 0.224 e. The second-order valence-electron chi connectivity index (χ2n) is 7.42. The van der Waals surface area contributed by atoms with Gasteiger partial charge in [-0.15, -0.1) is 0 Å². The number of carbonyl (C=O) groups is 1. The Morgan fingerprint density at radius 2 is 2.05 bits per heavy atom. The van der Waals surface area contributed by atoms with E-state index in [4.69, 9.17) is 5.73 Å². The van der Waals surface area contributed by atoms with Crippen molar-refractivity contribution in [3.8, 4) is 0 Å². The third-order valence-corrected chi connectivity index (χ3v) is 4.25. The molecular weight excluding hydrogens is 260 g/mol. The highest BCUT2D eigenvalue weighted by molar-refractivity contribution is 5.77. The van der Waals surface area contributed by atoms with E-state index in [9.17, 15) is 4.79 Å². The Labute approximate surface area is 128 Å². The molecule has 1 amide bonds. The lowest BCUT2D eigenvalue weighted by Crippen LogP contribution is -2.42. The molecular formula is C18H28N2O. The lowest BCUT2D eigenvalue weighted by atomic mass is 9.85. The first-order chi connectivity index (χ1) is 9.77. The van der Waals surface area contributed by atoms with E-state index in [0.717, 1.165) is 12.8 Å². The summed E-state index contributed by atoms with van der Waals surface area (Å²) in [4.78, 5) is 14.6. The van der Waals surface area contributed by atoms with E-state index >= 15 is 0 Å². The van der Waals surface area contributed by atoms with Crippen molar-refractivity contribution in [1.29, 1.82) is 0 Å². The Bertz CT molecular complexity index is 500. The van der Waals surface area contributed by atoms with Gasteiger partial charge in [-0.1, -0.05) is 50.6 Å². The van der Waals surface area contributed by atoms with Gasteiger partial charge in [0.15, 0.2) is 0 Å². The fraction of sp³-hybridized carbons (Fsp3) is 0.611. The Morgan fingerprint density at radius 1 is 1.38 bits per heavy atom. The number of amides is 1. The molecule has 0 saturated heterocycles. The van der Waals surface area contributed by atoms with E-state index in [-0.39, 0.29) is 17.4 Å². The van der Waals surface area contributed by atoms with E-state index in [1.165, 1.54) is 11.1 Å². The molecule has 0 radical (unpaired) electrons. The standard InChI is InChI=1S/C18H28N2O/c1-13-6-5-7-14(10-13)12-20(15-8-9-15)17(21)11-16(19)18(2,3)4/h5-7,10,15-16H,8-9,11-12,19H2,1-4H3. The number of hydrogen-bond acceptors (Lipinski definition) is 2. The summed E-state index contributed by atoms with van der Waals surface area (Å²) in [6.45, 7) is 9.07. The van der Waals surface area contributed by atoms with E-state index in [1.807, 2.05) is 4.90 Å². The van der Waals surface area contributed by atoms with Gasteiger partial charge in [0.25, 0.3) is 0 Å². The highest BCUT2D eigenvalue weighted by Crippen LogP contribution is 2.30. The molecule has 2 rings (SSSR count). The molecule has 1 aliphatic carbocycles. The average molecular weight is 288 g/mol. The highest BCUT2D eigenvalue weighted by Gasteiger charge is 2.34. The second-order valence-corrected chi connectivity index (χ2v) is 7.42. The van der Waals surface area contributed by atoms with Crippen LogP contribution in [0.4, 0.5) is 0 Å². The summed E-state index contributed by atoms with van der Waals surface area (Å²) in [5.41, 5.74) is 8.59. The Kier molecular flexibility index (Phi) is 4.72. The summed E-state index contributed by atoms with van der Waals surface area (Å²) in [7, 11) is 0. The van der Waals surface area contributed by atoms with E-state index < -0.39 is 0 Å². The molecule has 1 aliphatic rings. The van der Waals surface area contributed by atoms with Crippen LogP contribution in [0.2, 0.25) is 0 Å². The first-order valence-corrected chi connectivity index (χ1v) is 7.88. The molecule has 0 aliphatic heterocycles. The van der Waals surface area contributed by atoms with Gasteiger partial charge in [0, 0.05) is 25.0 Å². The van der Waals surface area contributed by atoms with Crippen LogP contribution in [0.25, 0.3) is 0 Å². The number of hydrogen-bond donors (Lipinski definition) is 1. The van der Waals surface area contributed by atoms with Crippen LogP contribution in [0, 0.1) is 12.3 Å². The van der Waals surface area contributed by atoms with Gasteiger partial charge in [-0.05, 0) is 30.7 Å². The number of rotatable bonds is 5. The van der Waals surface area contributed by atoms with Crippen molar-refractivity contribution in [2.24, 2.45) is 11.1 Å². The molecule has 0 bridgehead atoms. The van der Waals surface area contributed by atoms with Gasteiger partial charge in [-0.25, -0.2) is 0 Å². The molecule has 1 fully saturated rings. The molecule has 0 spiro atoms. The summed E-state index contributed by atoms with van der Waals surface area (Å²) in [6, 6.07) is 8.73. The first-order valence-electron chi connectivity index (χ1n) is 7.88. The Balaban J connectivity index is 2.04. The van der Waals surface area contributed by atoms with Crippen LogP contribution in [0.5, 0.6) is 0 Å². The number of aryl methyl sites for hydroxylation is 1. The van der Waals surface area contributed by atoms with E-state index in [1.54, 1.807) is 0 Å². The number of benzene rings is 1. The fourth-order valence-corrected chi connectivity index (χ4v) is 2.43. The fourth-order valence-electron chi connectivity index (χ4n) is 2.43. The van der Waals surface area contributed by atoms with Gasteiger partial charge >= 0.3 is 0 Å². The zero-order valence-electron chi connectivity index (χ0n) is 13.7. The average Bonchev–Trinajstić information content (AvgIpc) is 3.18. The molecule has 1 saturated carbocycles. The molecule has 1 atom stereocenters. The largest absolute Gasteiger partial charge is 0.335 e. The van der Waals surface area contributed by atoms with Gasteiger partial charge in [0.2, 0.25) is 5.91 Å². The molecule has 1 aromatic rings. The minimum atomic E-state index is -0.0937. The minimum absolute atomic E-state index is 0.0335. The Hall–Kier alpha value is -1.35. The van der Waals surface area contributed by atoms with E-state index in [2.05, 4.69) is 52.0 Å². The maximum Gasteiger partial charge on any atom is 0.224 e. The van der Waals surface area contributed by atoms with Crippen molar-refractivity contribution in [3.63, 3.8) is 0 Å². The second kappa shape index (κ2) is 6.18. The third-order valence-electron chi connectivity index (χ3n) is 4.25. The van der Waals surface area contributed by atoms with Crippen molar-refractivity contribution in [3.05, 3.63) is 35.4 Å². The molecule has 21 heavy (non-hydrogen) atoms. The molecule has 116 valence electrons. The molecule has 0 aromatic heterocycles. The molecule has 3 nitrogen and oxygen atoms in total. The summed E-state index contributed by atoms with van der Waals surface area (Å²) >= 11 is 0. The van der Waals surface area contributed by atoms with Crippen molar-refractivity contribution < 1.29 is 4.79 Å². The molecule has 3 heteroatoms. The maximum absolute atomic E-state index is 12.6. The number of nitrogens with two attached hydrogens (primary N) is 1. The van der Waals surface area contributed by atoms with Crippen molar-refractivity contribution >= 4 is 5.91 Å². The summed E-state index contributed by atoms with van der Waals surface area (Å²) < 4.78 is 0. The lowest BCUT2D eigenvalue weighted by molar-refractivity contribution is -0.133. The SMILES string of the molecule is Cc1cccc(CN(C(=O)CC(N)C(C)(C)C)C2CC2)c1. The van der Waals surface area contributed by atoms with E-state index in [0.29, 0.717) is 19.0 Å². The molecule has 0 heterocycles. The van der Waals surface area contributed by atoms with Gasteiger partial charge in [-0.3, -0.25) is 4.79 Å². The predicted molar refractivity (Wildman–Crippen MR) is 86.8 cm³/mol. The normalized spacial score (nSPS) is 16.6. The zero-order chi connectivity index (χ0) is 15.6. The maximum atomic E-state index is 12.6. The van der Waals surface area contributed by atoms with Crippen LogP contribution in [0.15, 0.2) is 24.3 Å². The highest BCUT2D eigenvalue weighted by atomic mass is 16.2. The van der Waals surface area contributed by atoms with Crippen molar-refractivity contribution in [2.45, 2.75) is 65.6 Å². The monoisotopic (exact) mass is 288 g/mol. The third kappa shape index (κ3) is 4.57. The number of carbonyl (C=O) groups excluding carboxylic acids is 1. The minimum Gasteiger partial charge on any atom is -0.335 e. The van der Waals surface area contributed by atoms with Crippen LogP contribution >= 0.6 is 0 Å². The van der Waals surface area contributed by atoms with Crippen LogP contribution in [-0.2, 0) is 11.3 Å². The Morgan fingerprint density at radius 3 is 2.57 bits per heavy atom. The van der Waals surface area contributed by atoms with Gasteiger partial charge in [0.1, 0.15) is 0 Å². The molecule has 1 unspecified atom stereocenters. The van der Waals surface area contributed by atoms with Crippen molar-refractivity contribution in [2.75, 3.05) is 0 Å². The summed E-state index contributed by atoms with van der Waals surface area (Å²) in [6.07, 6.45) is 2.69. The van der Waals surface area contributed by atoms with Crippen LogP contribution in [-0.4, -0.2) is 22.9 Å². The van der Waals surface area contributed by atoms with Crippen LogP contribution in [0.1, 0.15) is 51.2 Å². The zero-order valence-corrected chi connectivity index (χ0v) is 13.7. The summed E-state index contributed by atoms with van der Waals surface area (Å²) in [5, 5.41) is 0.